The first-order valence-electron chi connectivity index (χ1n) is 30.1. The molecule has 1 amide bonds. The number of aliphatic hydroxyl groups excluding tert-OH is 5. The zero-order valence-electron chi connectivity index (χ0n) is 45.3. The lowest BCUT2D eigenvalue weighted by molar-refractivity contribution is -0.302. The Morgan fingerprint density at radius 1 is 0.478 bits per heavy atom. The zero-order valence-corrected chi connectivity index (χ0v) is 45.3. The summed E-state index contributed by atoms with van der Waals surface area (Å²) in [6, 6.07) is -0.818. The number of carbonyl (C=O) groups excluding carboxylic acids is 1. The summed E-state index contributed by atoms with van der Waals surface area (Å²) < 4.78 is 11.3. The van der Waals surface area contributed by atoms with Crippen LogP contribution in [0.15, 0.2) is 24.3 Å². The topological polar surface area (TPSA) is 149 Å². The minimum atomic E-state index is -1.57. The summed E-state index contributed by atoms with van der Waals surface area (Å²) in [5.41, 5.74) is 0. The molecule has 9 nitrogen and oxygen atoms in total. The number of unbranched alkanes of at least 4 members (excludes halogenated alkanes) is 40. The Balaban J connectivity index is 2.22. The van der Waals surface area contributed by atoms with Crippen LogP contribution >= 0.6 is 0 Å². The van der Waals surface area contributed by atoms with Gasteiger partial charge in [-0.05, 0) is 32.1 Å². The van der Waals surface area contributed by atoms with E-state index in [1.807, 2.05) is 6.08 Å². The van der Waals surface area contributed by atoms with Gasteiger partial charge in [-0.2, -0.15) is 0 Å². The van der Waals surface area contributed by atoms with Gasteiger partial charge in [-0.25, -0.2) is 0 Å². The number of allylic oxidation sites excluding steroid dienone is 3. The highest BCUT2D eigenvalue weighted by Gasteiger charge is 2.44. The fourth-order valence-corrected chi connectivity index (χ4v) is 9.76. The van der Waals surface area contributed by atoms with Gasteiger partial charge in [0, 0.05) is 6.42 Å². The minimum absolute atomic E-state index is 0.181. The van der Waals surface area contributed by atoms with E-state index >= 15 is 0 Å². The van der Waals surface area contributed by atoms with Gasteiger partial charge in [0.05, 0.1) is 25.4 Å². The summed E-state index contributed by atoms with van der Waals surface area (Å²) in [6.07, 6.45) is 56.9. The third-order valence-electron chi connectivity index (χ3n) is 14.5. The number of aliphatic hydroxyl groups is 5. The Morgan fingerprint density at radius 2 is 0.826 bits per heavy atom. The van der Waals surface area contributed by atoms with Gasteiger partial charge in [0.2, 0.25) is 5.91 Å². The number of hydrogen-bond acceptors (Lipinski definition) is 8. The number of nitrogens with one attached hydrogen (secondary N) is 1. The predicted octanol–water partition coefficient (Wildman–Crippen LogP) is 15.0. The van der Waals surface area contributed by atoms with E-state index in [0.29, 0.717) is 6.42 Å². The molecular weight excluding hydrogens is 863 g/mol. The molecule has 408 valence electrons. The van der Waals surface area contributed by atoms with Crippen LogP contribution in [0.5, 0.6) is 0 Å². The van der Waals surface area contributed by atoms with Gasteiger partial charge >= 0.3 is 0 Å². The van der Waals surface area contributed by atoms with Crippen LogP contribution in [0.4, 0.5) is 0 Å². The fraction of sp³-hybridized carbons (Fsp3) is 0.917. The molecule has 0 aliphatic carbocycles. The summed E-state index contributed by atoms with van der Waals surface area (Å²) in [5.74, 6) is -0.181. The first-order chi connectivity index (χ1) is 33.8. The molecule has 7 atom stereocenters. The Hall–Kier alpha value is -1.33. The normalized spacial score (nSPS) is 19.6. The van der Waals surface area contributed by atoms with Crippen molar-refractivity contribution >= 4 is 5.91 Å². The lowest BCUT2D eigenvalue weighted by atomic mass is 9.99. The number of rotatable bonds is 52. The molecule has 9 heteroatoms. The molecular formula is C60H115NO8. The zero-order chi connectivity index (χ0) is 50.1. The van der Waals surface area contributed by atoms with Crippen LogP contribution < -0.4 is 5.32 Å². The molecule has 6 N–H and O–H groups in total. The van der Waals surface area contributed by atoms with Gasteiger partial charge in [0.1, 0.15) is 24.4 Å². The Labute approximate surface area is 426 Å². The second-order valence-corrected chi connectivity index (χ2v) is 21.1. The van der Waals surface area contributed by atoms with E-state index in [-0.39, 0.29) is 12.5 Å². The van der Waals surface area contributed by atoms with Gasteiger partial charge in [-0.15, -0.1) is 0 Å². The largest absolute Gasteiger partial charge is 0.394 e. The quantitative estimate of drug-likeness (QED) is 0.0261. The van der Waals surface area contributed by atoms with Crippen molar-refractivity contribution in [3.05, 3.63) is 24.3 Å². The van der Waals surface area contributed by atoms with E-state index in [0.717, 1.165) is 38.5 Å². The van der Waals surface area contributed by atoms with Gasteiger partial charge in [0.25, 0.3) is 0 Å². The van der Waals surface area contributed by atoms with Crippen molar-refractivity contribution in [3.8, 4) is 0 Å². The third-order valence-corrected chi connectivity index (χ3v) is 14.5. The summed E-state index contributed by atoms with van der Waals surface area (Å²) in [5, 5.41) is 54.5. The van der Waals surface area contributed by atoms with Crippen molar-refractivity contribution in [2.75, 3.05) is 13.2 Å². The van der Waals surface area contributed by atoms with Crippen LogP contribution in [0, 0.1) is 0 Å². The highest BCUT2D eigenvalue weighted by molar-refractivity contribution is 5.76. The molecule has 7 unspecified atom stereocenters. The highest BCUT2D eigenvalue weighted by Crippen LogP contribution is 2.23. The van der Waals surface area contributed by atoms with E-state index < -0.39 is 49.5 Å². The average Bonchev–Trinajstić information content (AvgIpc) is 3.35. The van der Waals surface area contributed by atoms with E-state index in [9.17, 15) is 30.3 Å². The van der Waals surface area contributed by atoms with Crippen molar-refractivity contribution in [3.63, 3.8) is 0 Å². The fourth-order valence-electron chi connectivity index (χ4n) is 9.76. The van der Waals surface area contributed by atoms with Crippen molar-refractivity contribution in [1.29, 1.82) is 0 Å². The van der Waals surface area contributed by atoms with Gasteiger partial charge in [0.15, 0.2) is 6.29 Å². The predicted molar refractivity (Wildman–Crippen MR) is 290 cm³/mol. The number of carbonyl (C=O) groups is 1. The minimum Gasteiger partial charge on any atom is -0.394 e. The molecule has 1 heterocycles. The van der Waals surface area contributed by atoms with Crippen LogP contribution in [0.1, 0.15) is 296 Å². The van der Waals surface area contributed by atoms with Gasteiger partial charge in [-0.1, -0.05) is 282 Å². The molecule has 0 radical (unpaired) electrons. The molecule has 1 fully saturated rings. The molecule has 69 heavy (non-hydrogen) atoms. The molecule has 1 saturated heterocycles. The lowest BCUT2D eigenvalue weighted by Crippen LogP contribution is -2.60. The standard InChI is InChI=1S/C60H115NO8/c1-3-5-7-9-11-13-15-17-19-21-23-24-25-26-27-28-29-30-32-33-35-37-39-41-43-45-47-49-54(63)53(52-68-60-59(67)58(66)57(65)55(51-62)69-60)61-56(64)50-48-46-44-42-40-38-36-34-31-22-20-18-16-14-12-10-8-6-4-2/h39,41,47,49,53-55,57-60,62-63,65-67H,3-38,40,42-46,48,50-52H2,1-2H3,(H,61,64)/b41-39+,49-47+. The molecule has 0 aromatic heterocycles. The van der Waals surface area contributed by atoms with Crippen LogP contribution in [-0.2, 0) is 14.3 Å². The van der Waals surface area contributed by atoms with Crippen LogP contribution in [0.25, 0.3) is 0 Å². The van der Waals surface area contributed by atoms with Crippen LogP contribution in [-0.4, -0.2) is 87.5 Å². The molecule has 0 aromatic rings. The summed E-state index contributed by atoms with van der Waals surface area (Å²) in [7, 11) is 0. The second-order valence-electron chi connectivity index (χ2n) is 21.1. The van der Waals surface area contributed by atoms with Crippen LogP contribution in [0.2, 0.25) is 0 Å². The SMILES string of the molecule is CCCCCCCCCCCCCCCCCCCCCCC/C=C/CC/C=C/C(O)C(COC1OC(CO)C(O)C(O)C1O)NC(=O)CCCCCCCCCCCCCCCCCCCCC. The van der Waals surface area contributed by atoms with Crippen molar-refractivity contribution in [1.82, 2.24) is 5.32 Å². The number of ether oxygens (including phenoxy) is 2. The smallest absolute Gasteiger partial charge is 0.220 e. The first kappa shape index (κ1) is 65.7. The molecule has 1 aliphatic rings. The Morgan fingerprint density at radius 3 is 1.22 bits per heavy atom. The average molecular weight is 979 g/mol. The Kier molecular flexibility index (Phi) is 47.8. The van der Waals surface area contributed by atoms with Crippen LogP contribution in [0.3, 0.4) is 0 Å². The highest BCUT2D eigenvalue weighted by atomic mass is 16.7. The monoisotopic (exact) mass is 978 g/mol. The van der Waals surface area contributed by atoms with E-state index in [1.54, 1.807) is 6.08 Å². The van der Waals surface area contributed by atoms with E-state index in [4.69, 9.17) is 9.47 Å². The van der Waals surface area contributed by atoms with E-state index in [1.165, 1.54) is 238 Å². The molecule has 1 aliphatic heterocycles. The maximum absolute atomic E-state index is 13.0. The van der Waals surface area contributed by atoms with Crippen molar-refractivity contribution in [2.45, 2.75) is 339 Å². The number of amides is 1. The van der Waals surface area contributed by atoms with Gasteiger partial charge in [-0.3, -0.25) is 4.79 Å². The molecule has 1 rings (SSSR count). The summed E-state index contributed by atoms with van der Waals surface area (Å²) >= 11 is 0. The summed E-state index contributed by atoms with van der Waals surface area (Å²) in [6.45, 7) is 3.81. The molecule has 0 saturated carbocycles. The number of hydrogen-bond donors (Lipinski definition) is 6. The maximum Gasteiger partial charge on any atom is 0.220 e. The Bertz CT molecular complexity index is 1130. The molecule has 0 spiro atoms. The molecule has 0 aromatic carbocycles. The van der Waals surface area contributed by atoms with Crippen molar-refractivity contribution in [2.24, 2.45) is 0 Å². The lowest BCUT2D eigenvalue weighted by Gasteiger charge is -2.40. The second kappa shape index (κ2) is 50.2. The van der Waals surface area contributed by atoms with E-state index in [2.05, 4.69) is 31.3 Å². The maximum atomic E-state index is 13.0. The molecule has 0 bridgehead atoms. The van der Waals surface area contributed by atoms with Gasteiger partial charge < -0.3 is 40.3 Å². The third kappa shape index (κ3) is 39.8. The first-order valence-corrected chi connectivity index (χ1v) is 30.1. The summed E-state index contributed by atoms with van der Waals surface area (Å²) in [4.78, 5) is 13.0. The van der Waals surface area contributed by atoms with Crippen molar-refractivity contribution < 1.29 is 39.8 Å².